The van der Waals surface area contributed by atoms with Crippen LogP contribution in [0.1, 0.15) is 25.3 Å². The number of amides is 1. The van der Waals surface area contributed by atoms with E-state index in [0.29, 0.717) is 25.2 Å². The smallest absolute Gasteiger partial charge is 0.475 e. The standard InChI is InChI=1S/C17H27N3O3S.C2HF3O2/c1-3-4-11-20(14-17(21)19-12-9-18-10-13-19)24(22,23)16-8-6-5-7-15(16)2;3-2(4,5)1(6)7/h5-8,18H,3-4,9-14H2,1-2H3;(H,6,7). The van der Waals surface area contributed by atoms with Gasteiger partial charge in [-0.1, -0.05) is 31.5 Å². The summed E-state index contributed by atoms with van der Waals surface area (Å²) < 4.78 is 59.1. The van der Waals surface area contributed by atoms with E-state index in [0.717, 1.165) is 25.9 Å². The number of hydrogen-bond acceptors (Lipinski definition) is 5. The Morgan fingerprint density at radius 2 is 1.74 bits per heavy atom. The molecule has 8 nitrogen and oxygen atoms in total. The van der Waals surface area contributed by atoms with Gasteiger partial charge in [-0.05, 0) is 25.0 Å². The predicted octanol–water partition coefficient (Wildman–Crippen LogP) is 1.85. The Bertz CT molecular complexity index is 840. The molecule has 0 atom stereocenters. The SMILES string of the molecule is CCCCN(CC(=O)N1CCNCC1)S(=O)(=O)c1ccccc1C.O=C(O)C(F)(F)F. The quantitative estimate of drug-likeness (QED) is 0.634. The van der Waals surface area contributed by atoms with E-state index in [1.54, 1.807) is 30.0 Å². The monoisotopic (exact) mass is 467 g/mol. The number of hydrogen-bond donors (Lipinski definition) is 2. The number of nitrogens with one attached hydrogen (secondary N) is 1. The highest BCUT2D eigenvalue weighted by molar-refractivity contribution is 7.89. The largest absolute Gasteiger partial charge is 0.490 e. The Balaban J connectivity index is 0.000000592. The highest BCUT2D eigenvalue weighted by atomic mass is 32.2. The fraction of sp³-hybridized carbons (Fsp3) is 0.579. The summed E-state index contributed by atoms with van der Waals surface area (Å²) in [5.74, 6) is -2.88. The lowest BCUT2D eigenvalue weighted by Crippen LogP contribution is -2.50. The van der Waals surface area contributed by atoms with Crippen molar-refractivity contribution >= 4 is 21.9 Å². The number of carboxylic acids is 1. The number of aliphatic carboxylic acids is 1. The first-order valence-corrected chi connectivity index (χ1v) is 11.2. The number of alkyl halides is 3. The van der Waals surface area contributed by atoms with Crippen LogP contribution in [0.25, 0.3) is 0 Å². The first-order valence-electron chi connectivity index (χ1n) is 9.75. The number of piperazine rings is 1. The van der Waals surface area contributed by atoms with E-state index < -0.39 is 22.2 Å². The summed E-state index contributed by atoms with van der Waals surface area (Å²) >= 11 is 0. The fourth-order valence-electron chi connectivity index (χ4n) is 2.77. The highest BCUT2D eigenvalue weighted by Crippen LogP contribution is 2.20. The molecule has 12 heteroatoms. The van der Waals surface area contributed by atoms with E-state index in [4.69, 9.17) is 9.90 Å². The van der Waals surface area contributed by atoms with Crippen LogP contribution in [-0.2, 0) is 19.6 Å². The summed E-state index contributed by atoms with van der Waals surface area (Å²) in [6, 6.07) is 6.93. The number of aryl methyl sites for hydroxylation is 1. The molecule has 31 heavy (non-hydrogen) atoms. The molecule has 0 unspecified atom stereocenters. The van der Waals surface area contributed by atoms with E-state index in [9.17, 15) is 26.4 Å². The zero-order valence-electron chi connectivity index (χ0n) is 17.5. The molecule has 2 N–H and O–H groups in total. The van der Waals surface area contributed by atoms with Crippen molar-refractivity contribution in [1.29, 1.82) is 0 Å². The molecule has 0 radical (unpaired) electrons. The Hall–Kier alpha value is -2.18. The second-order valence-corrected chi connectivity index (χ2v) is 8.80. The average molecular weight is 468 g/mol. The highest BCUT2D eigenvalue weighted by Gasteiger charge is 2.38. The van der Waals surface area contributed by atoms with Gasteiger partial charge in [-0.15, -0.1) is 0 Å². The number of benzene rings is 1. The van der Waals surface area contributed by atoms with Crippen molar-refractivity contribution in [1.82, 2.24) is 14.5 Å². The van der Waals surface area contributed by atoms with Crippen molar-refractivity contribution < 1.29 is 36.3 Å². The van der Waals surface area contributed by atoms with Crippen LogP contribution < -0.4 is 5.32 Å². The molecule has 1 aliphatic rings. The number of carbonyl (C=O) groups excluding carboxylic acids is 1. The molecule has 1 amide bonds. The van der Waals surface area contributed by atoms with Crippen molar-refractivity contribution in [2.75, 3.05) is 39.3 Å². The van der Waals surface area contributed by atoms with Crippen LogP contribution >= 0.6 is 0 Å². The maximum Gasteiger partial charge on any atom is 0.490 e. The minimum absolute atomic E-state index is 0.0866. The average Bonchev–Trinajstić information content (AvgIpc) is 2.71. The minimum atomic E-state index is -5.08. The van der Waals surface area contributed by atoms with Gasteiger partial charge in [0.25, 0.3) is 0 Å². The molecule has 0 spiro atoms. The third-order valence-corrected chi connectivity index (χ3v) is 6.50. The van der Waals surface area contributed by atoms with Gasteiger partial charge >= 0.3 is 12.1 Å². The van der Waals surface area contributed by atoms with Crippen LogP contribution in [0.15, 0.2) is 29.2 Å². The van der Waals surface area contributed by atoms with Gasteiger partial charge in [0.15, 0.2) is 0 Å². The molecule has 1 heterocycles. The second kappa shape index (κ2) is 12.0. The number of nitrogens with zero attached hydrogens (tertiary/aromatic N) is 2. The summed E-state index contributed by atoms with van der Waals surface area (Å²) in [6.07, 6.45) is -3.47. The van der Waals surface area contributed by atoms with Crippen LogP contribution in [-0.4, -0.2) is 80.1 Å². The molecule has 0 aliphatic carbocycles. The van der Waals surface area contributed by atoms with E-state index >= 15 is 0 Å². The van der Waals surface area contributed by atoms with Gasteiger partial charge in [-0.3, -0.25) is 4.79 Å². The summed E-state index contributed by atoms with van der Waals surface area (Å²) in [6.45, 7) is 6.84. The molecule has 1 saturated heterocycles. The predicted molar refractivity (Wildman–Crippen MR) is 108 cm³/mol. The summed E-state index contributed by atoms with van der Waals surface area (Å²) in [7, 11) is -3.67. The van der Waals surface area contributed by atoms with Crippen LogP contribution in [0.5, 0.6) is 0 Å². The lowest BCUT2D eigenvalue weighted by Gasteiger charge is -2.30. The molecule has 1 aromatic carbocycles. The summed E-state index contributed by atoms with van der Waals surface area (Å²) in [4.78, 5) is 23.4. The molecule has 0 bridgehead atoms. The van der Waals surface area contributed by atoms with E-state index in [-0.39, 0.29) is 17.3 Å². The van der Waals surface area contributed by atoms with Gasteiger partial charge in [0.1, 0.15) is 0 Å². The third-order valence-electron chi connectivity index (χ3n) is 4.50. The lowest BCUT2D eigenvalue weighted by molar-refractivity contribution is -0.192. The Morgan fingerprint density at radius 1 is 1.19 bits per heavy atom. The molecular weight excluding hydrogens is 439 g/mol. The topological polar surface area (TPSA) is 107 Å². The molecule has 176 valence electrons. The van der Waals surface area contributed by atoms with Crippen molar-refractivity contribution in [2.24, 2.45) is 0 Å². The second-order valence-electron chi connectivity index (χ2n) is 6.89. The minimum Gasteiger partial charge on any atom is -0.475 e. The molecular formula is C19H28F3N3O5S. The van der Waals surface area contributed by atoms with Gasteiger partial charge in [0.05, 0.1) is 11.4 Å². The zero-order valence-corrected chi connectivity index (χ0v) is 18.3. The Labute approximate surface area is 180 Å². The van der Waals surface area contributed by atoms with E-state index in [1.165, 1.54) is 4.31 Å². The molecule has 1 fully saturated rings. The Morgan fingerprint density at radius 3 is 2.23 bits per heavy atom. The van der Waals surface area contributed by atoms with Crippen LogP contribution in [0.3, 0.4) is 0 Å². The summed E-state index contributed by atoms with van der Waals surface area (Å²) in [5.41, 5.74) is 0.702. The number of halogens is 3. The van der Waals surface area contributed by atoms with Crippen molar-refractivity contribution in [3.8, 4) is 0 Å². The van der Waals surface area contributed by atoms with Crippen LogP contribution in [0.4, 0.5) is 13.2 Å². The first-order chi connectivity index (χ1) is 14.4. The van der Waals surface area contributed by atoms with Gasteiger partial charge in [0.2, 0.25) is 15.9 Å². The summed E-state index contributed by atoms with van der Waals surface area (Å²) in [5, 5.41) is 10.3. The number of rotatable bonds is 7. The van der Waals surface area contributed by atoms with Crippen molar-refractivity contribution in [2.45, 2.75) is 37.8 Å². The van der Waals surface area contributed by atoms with E-state index in [2.05, 4.69) is 5.32 Å². The number of carboxylic acid groups (broad SMARTS) is 1. The maximum absolute atomic E-state index is 13.0. The van der Waals surface area contributed by atoms with E-state index in [1.807, 2.05) is 13.0 Å². The normalized spacial score (nSPS) is 14.7. The maximum atomic E-state index is 13.0. The third kappa shape index (κ3) is 8.46. The number of carbonyl (C=O) groups is 2. The lowest BCUT2D eigenvalue weighted by atomic mass is 10.2. The van der Waals surface area contributed by atoms with Gasteiger partial charge in [-0.25, -0.2) is 13.2 Å². The Kier molecular flexibility index (Phi) is 10.4. The molecule has 0 aromatic heterocycles. The van der Waals surface area contributed by atoms with Gasteiger partial charge in [-0.2, -0.15) is 17.5 Å². The fourth-order valence-corrected chi connectivity index (χ4v) is 4.42. The zero-order chi connectivity index (χ0) is 23.7. The molecule has 2 rings (SSSR count). The molecule has 1 aliphatic heterocycles. The van der Waals surface area contributed by atoms with Crippen molar-refractivity contribution in [3.05, 3.63) is 29.8 Å². The number of unbranched alkanes of at least 4 members (excludes halogenated alkanes) is 1. The van der Waals surface area contributed by atoms with Gasteiger partial charge in [0, 0.05) is 32.7 Å². The number of sulfonamides is 1. The van der Waals surface area contributed by atoms with Crippen LogP contribution in [0, 0.1) is 6.92 Å². The molecule has 1 aromatic rings. The van der Waals surface area contributed by atoms with Gasteiger partial charge < -0.3 is 15.3 Å². The molecule has 0 saturated carbocycles. The van der Waals surface area contributed by atoms with Crippen molar-refractivity contribution in [3.63, 3.8) is 0 Å². The first kappa shape index (κ1) is 26.9. The van der Waals surface area contributed by atoms with Crippen LogP contribution in [0.2, 0.25) is 0 Å².